The summed E-state index contributed by atoms with van der Waals surface area (Å²) >= 11 is 0. The van der Waals surface area contributed by atoms with Gasteiger partial charge in [-0.2, -0.15) is 0 Å². The van der Waals surface area contributed by atoms with Crippen molar-refractivity contribution in [2.45, 2.75) is 38.1 Å². The van der Waals surface area contributed by atoms with Crippen molar-refractivity contribution in [3.8, 4) is 11.5 Å². The number of nitrogens with one attached hydrogen (secondary N) is 2. The number of carbonyl (C=O) groups is 1. The van der Waals surface area contributed by atoms with E-state index in [0.717, 1.165) is 17.7 Å². The fourth-order valence-corrected chi connectivity index (χ4v) is 3.31. The number of hydrogen-bond donors (Lipinski definition) is 2. The van der Waals surface area contributed by atoms with Crippen molar-refractivity contribution in [1.29, 1.82) is 0 Å². The van der Waals surface area contributed by atoms with E-state index in [1.165, 1.54) is 6.07 Å². The summed E-state index contributed by atoms with van der Waals surface area (Å²) in [7, 11) is -4.44. The summed E-state index contributed by atoms with van der Waals surface area (Å²) in [5.74, 6) is 0.205. The van der Waals surface area contributed by atoms with Gasteiger partial charge in [0, 0.05) is 17.7 Å². The third-order valence-corrected chi connectivity index (χ3v) is 4.71. The van der Waals surface area contributed by atoms with Crippen LogP contribution in [0.15, 0.2) is 47.4 Å². The molecule has 2 aromatic rings. The van der Waals surface area contributed by atoms with Crippen LogP contribution in [-0.2, 0) is 10.0 Å². The molecule has 2 rings (SSSR count). The molecule has 0 aliphatic carbocycles. The van der Waals surface area contributed by atoms with Gasteiger partial charge in [0.1, 0.15) is 16.4 Å². The van der Waals surface area contributed by atoms with Gasteiger partial charge >= 0.3 is 6.03 Å². The van der Waals surface area contributed by atoms with E-state index in [0.29, 0.717) is 5.75 Å². The van der Waals surface area contributed by atoms with Crippen LogP contribution in [0.4, 0.5) is 10.5 Å². The van der Waals surface area contributed by atoms with Crippen LogP contribution in [0.1, 0.15) is 26.3 Å². The molecule has 10 heteroatoms. The Balaban J connectivity index is 2.45. The van der Waals surface area contributed by atoms with Crippen LogP contribution in [0.25, 0.3) is 0 Å². The van der Waals surface area contributed by atoms with Gasteiger partial charge in [0.25, 0.3) is 15.7 Å². The number of non-ortho nitro benzene ring substituents is 1. The lowest BCUT2D eigenvalue weighted by atomic mass is 10.1. The van der Waals surface area contributed by atoms with Crippen molar-refractivity contribution >= 4 is 21.7 Å². The fraction of sp³-hybridized carbons (Fsp3) is 0.278. The molecule has 2 N–H and O–H groups in total. The van der Waals surface area contributed by atoms with E-state index in [2.05, 4.69) is 5.32 Å². The summed E-state index contributed by atoms with van der Waals surface area (Å²) in [6, 6.07) is 9.04. The maximum absolute atomic E-state index is 12.7. The molecule has 0 bridgehead atoms. The Kier molecular flexibility index (Phi) is 5.93. The minimum absolute atomic E-state index is 0.146. The molecule has 0 saturated carbocycles. The van der Waals surface area contributed by atoms with Gasteiger partial charge in [-0.05, 0) is 51.5 Å². The van der Waals surface area contributed by atoms with Gasteiger partial charge in [-0.25, -0.2) is 17.9 Å². The van der Waals surface area contributed by atoms with Gasteiger partial charge in [-0.1, -0.05) is 12.1 Å². The number of carbonyl (C=O) groups excluding carboxylic acids is 1. The molecule has 0 aliphatic rings. The average Bonchev–Trinajstić information content (AvgIpc) is 2.52. The fourth-order valence-electron chi connectivity index (χ4n) is 2.25. The smallest absolute Gasteiger partial charge is 0.329 e. The van der Waals surface area contributed by atoms with E-state index >= 15 is 0 Å². The zero-order valence-corrected chi connectivity index (χ0v) is 16.7. The van der Waals surface area contributed by atoms with E-state index in [1.807, 2.05) is 17.7 Å². The molecule has 9 nitrogen and oxygen atoms in total. The number of aryl methyl sites for hydroxylation is 1. The van der Waals surface area contributed by atoms with Crippen LogP contribution in [0, 0.1) is 17.0 Å². The van der Waals surface area contributed by atoms with Crippen LogP contribution >= 0.6 is 0 Å². The SMILES string of the molecule is Cc1cccc(Oc2ccc([N+](=O)[O-])cc2S(=O)(=O)NC(=O)NC(C)(C)C)c1. The Hall–Kier alpha value is -3.14. The van der Waals surface area contributed by atoms with Crippen molar-refractivity contribution < 1.29 is 22.9 Å². The minimum Gasteiger partial charge on any atom is -0.456 e. The molecule has 150 valence electrons. The van der Waals surface area contributed by atoms with Crippen LogP contribution < -0.4 is 14.8 Å². The quantitative estimate of drug-likeness (QED) is 0.577. The number of hydrogen-bond acceptors (Lipinski definition) is 6. The van der Waals surface area contributed by atoms with Crippen molar-refractivity contribution in [2.75, 3.05) is 0 Å². The molecule has 0 radical (unpaired) electrons. The van der Waals surface area contributed by atoms with E-state index in [9.17, 15) is 23.3 Å². The van der Waals surface area contributed by atoms with Crippen LogP contribution in [-0.4, -0.2) is 24.9 Å². The largest absolute Gasteiger partial charge is 0.456 e. The Bertz CT molecular complexity index is 1010. The second kappa shape index (κ2) is 7.85. The number of amides is 2. The number of urea groups is 1. The van der Waals surface area contributed by atoms with Gasteiger partial charge < -0.3 is 10.1 Å². The lowest BCUT2D eigenvalue weighted by molar-refractivity contribution is -0.385. The molecule has 0 spiro atoms. The second-order valence-corrected chi connectivity index (χ2v) is 8.77. The number of rotatable bonds is 5. The Morgan fingerprint density at radius 3 is 2.39 bits per heavy atom. The number of nitro groups is 1. The van der Waals surface area contributed by atoms with Gasteiger partial charge in [-0.3, -0.25) is 10.1 Å². The highest BCUT2D eigenvalue weighted by atomic mass is 32.2. The van der Waals surface area contributed by atoms with Crippen LogP contribution in [0.2, 0.25) is 0 Å². The Morgan fingerprint density at radius 1 is 1.14 bits per heavy atom. The molecule has 28 heavy (non-hydrogen) atoms. The number of ether oxygens (including phenoxy) is 1. The van der Waals surface area contributed by atoms with E-state index in [1.54, 1.807) is 39.0 Å². The van der Waals surface area contributed by atoms with Crippen molar-refractivity contribution in [3.63, 3.8) is 0 Å². The summed E-state index contributed by atoms with van der Waals surface area (Å²) in [5.41, 5.74) is -0.247. The minimum atomic E-state index is -4.44. The lowest BCUT2D eigenvalue weighted by Gasteiger charge is -2.21. The summed E-state index contributed by atoms with van der Waals surface area (Å²) < 4.78 is 32.9. The number of nitrogens with zero attached hydrogens (tertiary/aromatic N) is 1. The topological polar surface area (TPSA) is 128 Å². The second-order valence-electron chi connectivity index (χ2n) is 7.12. The number of benzene rings is 2. The number of nitro benzene ring substituents is 1. The molecule has 0 aliphatic heterocycles. The molecule has 2 aromatic carbocycles. The molecular weight excluding hydrogens is 386 g/mol. The van der Waals surface area contributed by atoms with Gasteiger partial charge in [-0.15, -0.1) is 0 Å². The Labute approximate surface area is 162 Å². The van der Waals surface area contributed by atoms with Crippen LogP contribution in [0.5, 0.6) is 11.5 Å². The summed E-state index contributed by atoms with van der Waals surface area (Å²) in [4.78, 5) is 21.8. The first-order valence-corrected chi connectivity index (χ1v) is 9.74. The highest BCUT2D eigenvalue weighted by Gasteiger charge is 2.27. The molecule has 0 heterocycles. The molecule has 2 amide bonds. The highest BCUT2D eigenvalue weighted by Crippen LogP contribution is 2.32. The molecule has 0 fully saturated rings. The van der Waals surface area contributed by atoms with Gasteiger partial charge in [0.05, 0.1) is 4.92 Å². The normalized spacial score (nSPS) is 11.6. The lowest BCUT2D eigenvalue weighted by Crippen LogP contribution is -2.48. The summed E-state index contributed by atoms with van der Waals surface area (Å²) in [5, 5.41) is 13.5. The first-order chi connectivity index (χ1) is 12.9. The average molecular weight is 407 g/mol. The summed E-state index contributed by atoms with van der Waals surface area (Å²) in [6.07, 6.45) is 0. The third-order valence-electron chi connectivity index (χ3n) is 3.36. The van der Waals surface area contributed by atoms with Crippen molar-refractivity contribution in [2.24, 2.45) is 0 Å². The standard InChI is InChI=1S/C18H21N3O6S/c1-12-6-5-7-14(10-12)27-15-9-8-13(21(23)24)11-16(15)28(25,26)20-17(22)19-18(2,3)4/h5-11H,1-4H3,(H2,19,20,22). The Morgan fingerprint density at radius 2 is 1.82 bits per heavy atom. The van der Waals surface area contributed by atoms with E-state index in [4.69, 9.17) is 4.74 Å². The molecule has 0 aromatic heterocycles. The third kappa shape index (κ3) is 5.68. The van der Waals surface area contributed by atoms with Crippen molar-refractivity contribution in [1.82, 2.24) is 10.0 Å². The van der Waals surface area contributed by atoms with E-state index < -0.39 is 37.1 Å². The highest BCUT2D eigenvalue weighted by molar-refractivity contribution is 7.90. The predicted octanol–water partition coefficient (Wildman–Crippen LogP) is 3.48. The van der Waals surface area contributed by atoms with Crippen LogP contribution in [0.3, 0.4) is 0 Å². The molecule has 0 unspecified atom stereocenters. The van der Waals surface area contributed by atoms with Crippen molar-refractivity contribution in [3.05, 3.63) is 58.1 Å². The monoisotopic (exact) mass is 407 g/mol. The zero-order valence-electron chi connectivity index (χ0n) is 15.8. The maximum Gasteiger partial charge on any atom is 0.329 e. The first kappa shape index (κ1) is 21.2. The molecule has 0 atom stereocenters. The number of sulfonamides is 1. The van der Waals surface area contributed by atoms with Gasteiger partial charge in [0.15, 0.2) is 0 Å². The van der Waals surface area contributed by atoms with Gasteiger partial charge in [0.2, 0.25) is 0 Å². The molecular formula is C18H21N3O6S. The summed E-state index contributed by atoms with van der Waals surface area (Å²) in [6.45, 7) is 6.87. The molecule has 0 saturated heterocycles. The van der Waals surface area contributed by atoms with E-state index in [-0.39, 0.29) is 5.75 Å². The predicted molar refractivity (Wildman–Crippen MR) is 103 cm³/mol. The first-order valence-electron chi connectivity index (χ1n) is 8.25. The zero-order chi connectivity index (χ0) is 21.1. The maximum atomic E-state index is 12.7.